The standard InChI is InChI=1S/C17H20FNO2/c18-15-9-8-14(7-3-6-12-20)16(13-15)17(21)19-10-4-1-2-5-11-19/h8-9,13,20H,1-2,4-6,10-12H2. The first-order valence-electron chi connectivity index (χ1n) is 7.41. The summed E-state index contributed by atoms with van der Waals surface area (Å²) in [5, 5.41) is 8.76. The van der Waals surface area contributed by atoms with Crippen molar-refractivity contribution in [3.8, 4) is 11.8 Å². The van der Waals surface area contributed by atoms with E-state index in [9.17, 15) is 9.18 Å². The Morgan fingerprint density at radius 2 is 1.95 bits per heavy atom. The van der Waals surface area contributed by atoms with Crippen LogP contribution in [0.4, 0.5) is 4.39 Å². The fraction of sp³-hybridized carbons (Fsp3) is 0.471. The van der Waals surface area contributed by atoms with Gasteiger partial charge in [0, 0.05) is 25.1 Å². The molecule has 0 atom stereocenters. The van der Waals surface area contributed by atoms with E-state index in [-0.39, 0.29) is 12.5 Å². The van der Waals surface area contributed by atoms with E-state index in [2.05, 4.69) is 11.8 Å². The number of carbonyl (C=O) groups excluding carboxylic acids is 1. The van der Waals surface area contributed by atoms with Crippen LogP contribution in [0.25, 0.3) is 0 Å². The molecule has 0 spiro atoms. The second-order valence-corrected chi connectivity index (χ2v) is 5.17. The molecule has 0 aliphatic carbocycles. The second kappa shape index (κ2) is 7.80. The number of carbonyl (C=O) groups is 1. The highest BCUT2D eigenvalue weighted by Crippen LogP contribution is 2.17. The number of nitrogens with zero attached hydrogens (tertiary/aromatic N) is 1. The summed E-state index contributed by atoms with van der Waals surface area (Å²) < 4.78 is 13.5. The van der Waals surface area contributed by atoms with Gasteiger partial charge in [-0.15, -0.1) is 0 Å². The van der Waals surface area contributed by atoms with Gasteiger partial charge in [-0.05, 0) is 31.0 Å². The third-order valence-corrected chi connectivity index (χ3v) is 3.57. The molecule has 0 bridgehead atoms. The SMILES string of the molecule is O=C(c1cc(F)ccc1C#CCCO)N1CCCCCC1. The maximum absolute atomic E-state index is 13.5. The van der Waals surface area contributed by atoms with Gasteiger partial charge >= 0.3 is 0 Å². The van der Waals surface area contributed by atoms with Crippen LogP contribution in [-0.2, 0) is 0 Å². The number of rotatable bonds is 2. The molecule has 112 valence electrons. The molecule has 1 saturated heterocycles. The number of halogens is 1. The minimum Gasteiger partial charge on any atom is -0.395 e. The molecule has 1 amide bonds. The molecule has 0 radical (unpaired) electrons. The molecular formula is C17H20FNO2. The first-order valence-corrected chi connectivity index (χ1v) is 7.41. The van der Waals surface area contributed by atoms with Gasteiger partial charge in [0.25, 0.3) is 5.91 Å². The summed E-state index contributed by atoms with van der Waals surface area (Å²) in [7, 11) is 0. The number of aliphatic hydroxyl groups is 1. The van der Waals surface area contributed by atoms with Crippen LogP contribution in [0.15, 0.2) is 18.2 Å². The van der Waals surface area contributed by atoms with Crippen LogP contribution in [0.3, 0.4) is 0 Å². The smallest absolute Gasteiger partial charge is 0.255 e. The third kappa shape index (κ3) is 4.30. The Hall–Kier alpha value is -1.86. The summed E-state index contributed by atoms with van der Waals surface area (Å²) in [6.07, 6.45) is 4.60. The Labute approximate surface area is 124 Å². The summed E-state index contributed by atoms with van der Waals surface area (Å²) >= 11 is 0. The van der Waals surface area contributed by atoms with Gasteiger partial charge in [0.05, 0.1) is 12.2 Å². The van der Waals surface area contributed by atoms with Gasteiger partial charge in [0.1, 0.15) is 5.82 Å². The van der Waals surface area contributed by atoms with E-state index < -0.39 is 5.82 Å². The Kier molecular flexibility index (Phi) is 5.77. The summed E-state index contributed by atoms with van der Waals surface area (Å²) in [5.41, 5.74) is 0.849. The molecule has 1 aromatic carbocycles. The Morgan fingerprint density at radius 3 is 2.62 bits per heavy atom. The molecule has 1 fully saturated rings. The van der Waals surface area contributed by atoms with E-state index in [1.54, 1.807) is 4.90 Å². The van der Waals surface area contributed by atoms with Crippen LogP contribution in [0.5, 0.6) is 0 Å². The largest absolute Gasteiger partial charge is 0.395 e. The van der Waals surface area contributed by atoms with E-state index in [0.29, 0.717) is 17.5 Å². The minimum atomic E-state index is -0.430. The lowest BCUT2D eigenvalue weighted by molar-refractivity contribution is 0.0761. The predicted molar refractivity (Wildman–Crippen MR) is 79.4 cm³/mol. The third-order valence-electron chi connectivity index (χ3n) is 3.57. The van der Waals surface area contributed by atoms with Gasteiger partial charge < -0.3 is 10.0 Å². The lowest BCUT2D eigenvalue weighted by Crippen LogP contribution is -2.32. The van der Waals surface area contributed by atoms with Crippen LogP contribution >= 0.6 is 0 Å². The van der Waals surface area contributed by atoms with E-state index >= 15 is 0 Å². The van der Waals surface area contributed by atoms with Crippen LogP contribution < -0.4 is 0 Å². The predicted octanol–water partition coefficient (Wildman–Crippen LogP) is 2.58. The lowest BCUT2D eigenvalue weighted by Gasteiger charge is -2.21. The Bertz CT molecular complexity index is 552. The highest BCUT2D eigenvalue weighted by Gasteiger charge is 2.20. The lowest BCUT2D eigenvalue weighted by atomic mass is 10.1. The molecule has 1 aliphatic rings. The van der Waals surface area contributed by atoms with E-state index in [1.807, 2.05) is 0 Å². The highest BCUT2D eigenvalue weighted by atomic mass is 19.1. The fourth-order valence-corrected chi connectivity index (χ4v) is 2.46. The average molecular weight is 289 g/mol. The molecule has 0 aromatic heterocycles. The molecule has 1 aliphatic heterocycles. The second-order valence-electron chi connectivity index (χ2n) is 5.17. The molecular weight excluding hydrogens is 269 g/mol. The zero-order chi connectivity index (χ0) is 15.1. The van der Waals surface area contributed by atoms with Gasteiger partial charge in [-0.3, -0.25) is 4.79 Å². The summed E-state index contributed by atoms with van der Waals surface area (Å²) in [6.45, 7) is 1.42. The molecule has 1 heterocycles. The molecule has 0 saturated carbocycles. The first-order chi connectivity index (χ1) is 10.2. The van der Waals surface area contributed by atoms with Crippen molar-refractivity contribution in [1.82, 2.24) is 4.90 Å². The van der Waals surface area contributed by atoms with Crippen molar-refractivity contribution >= 4 is 5.91 Å². The minimum absolute atomic E-state index is 0.0242. The topological polar surface area (TPSA) is 40.5 Å². The van der Waals surface area contributed by atoms with Crippen molar-refractivity contribution in [2.45, 2.75) is 32.1 Å². The monoisotopic (exact) mass is 289 g/mol. The van der Waals surface area contributed by atoms with E-state index in [4.69, 9.17) is 5.11 Å². The quantitative estimate of drug-likeness (QED) is 0.850. The van der Waals surface area contributed by atoms with Gasteiger partial charge in [-0.1, -0.05) is 24.7 Å². The number of hydrogen-bond acceptors (Lipinski definition) is 2. The van der Waals surface area contributed by atoms with E-state index in [0.717, 1.165) is 38.8 Å². The van der Waals surface area contributed by atoms with Crippen molar-refractivity contribution in [2.24, 2.45) is 0 Å². The maximum Gasteiger partial charge on any atom is 0.255 e. The maximum atomic E-state index is 13.5. The van der Waals surface area contributed by atoms with Crippen LogP contribution in [0, 0.1) is 17.7 Å². The molecule has 3 nitrogen and oxygen atoms in total. The van der Waals surface area contributed by atoms with Gasteiger partial charge in [0.2, 0.25) is 0 Å². The number of aliphatic hydroxyl groups excluding tert-OH is 1. The molecule has 1 N–H and O–H groups in total. The summed E-state index contributed by atoms with van der Waals surface area (Å²) in [4.78, 5) is 14.4. The zero-order valence-corrected chi connectivity index (χ0v) is 12.1. The molecule has 0 unspecified atom stereocenters. The number of hydrogen-bond donors (Lipinski definition) is 1. The fourth-order valence-electron chi connectivity index (χ4n) is 2.46. The van der Waals surface area contributed by atoms with Crippen LogP contribution in [0.1, 0.15) is 48.0 Å². The molecule has 1 aromatic rings. The zero-order valence-electron chi connectivity index (χ0n) is 12.1. The van der Waals surface area contributed by atoms with Crippen molar-refractivity contribution in [1.29, 1.82) is 0 Å². The molecule has 2 rings (SSSR count). The van der Waals surface area contributed by atoms with E-state index in [1.165, 1.54) is 18.2 Å². The number of benzene rings is 1. The van der Waals surface area contributed by atoms with Gasteiger partial charge in [-0.2, -0.15) is 0 Å². The van der Waals surface area contributed by atoms with Crippen molar-refractivity contribution in [3.63, 3.8) is 0 Å². The average Bonchev–Trinajstić information content (AvgIpc) is 2.77. The van der Waals surface area contributed by atoms with Crippen LogP contribution in [0.2, 0.25) is 0 Å². The molecule has 21 heavy (non-hydrogen) atoms. The number of likely N-dealkylation sites (tertiary alicyclic amines) is 1. The normalized spacial score (nSPS) is 15.0. The first kappa shape index (κ1) is 15.5. The van der Waals surface area contributed by atoms with Crippen molar-refractivity contribution in [2.75, 3.05) is 19.7 Å². The number of amides is 1. The Morgan fingerprint density at radius 1 is 1.24 bits per heavy atom. The van der Waals surface area contributed by atoms with Crippen LogP contribution in [-0.4, -0.2) is 35.6 Å². The van der Waals surface area contributed by atoms with Gasteiger partial charge in [0.15, 0.2) is 0 Å². The van der Waals surface area contributed by atoms with Crippen molar-refractivity contribution < 1.29 is 14.3 Å². The van der Waals surface area contributed by atoms with Crippen molar-refractivity contribution in [3.05, 3.63) is 35.1 Å². The Balaban J connectivity index is 2.26. The summed E-state index contributed by atoms with van der Waals surface area (Å²) in [5.74, 6) is 5.06. The molecule has 4 heteroatoms. The highest BCUT2D eigenvalue weighted by molar-refractivity contribution is 5.96. The summed E-state index contributed by atoms with van der Waals surface area (Å²) in [6, 6.07) is 4.10. The van der Waals surface area contributed by atoms with Gasteiger partial charge in [-0.25, -0.2) is 4.39 Å².